The second kappa shape index (κ2) is 5.70. The van der Waals surface area contributed by atoms with Gasteiger partial charge in [0, 0.05) is 32.2 Å². The fourth-order valence-corrected chi connectivity index (χ4v) is 3.81. The molecule has 2 fully saturated rings. The lowest BCUT2D eigenvalue weighted by Crippen LogP contribution is -2.31. The molecule has 0 saturated carbocycles. The Balaban J connectivity index is 1.42. The lowest BCUT2D eigenvalue weighted by Gasteiger charge is -2.21. The van der Waals surface area contributed by atoms with Crippen LogP contribution < -0.4 is 10.5 Å². The van der Waals surface area contributed by atoms with Crippen LogP contribution >= 0.6 is 0 Å². The number of fused-ring (bicyclic) bond motifs is 1. The van der Waals surface area contributed by atoms with E-state index in [1.165, 1.54) is 6.92 Å². The molecule has 128 valence electrons. The Hall–Kier alpha value is -2.22. The Morgan fingerprint density at radius 2 is 2.00 bits per heavy atom. The molecule has 2 saturated heterocycles. The summed E-state index contributed by atoms with van der Waals surface area (Å²) in [6.07, 6.45) is 0. The first-order valence-electron chi connectivity index (χ1n) is 8.15. The van der Waals surface area contributed by atoms with Gasteiger partial charge in [-0.2, -0.15) is 4.39 Å². The lowest BCUT2D eigenvalue weighted by atomic mass is 10.0. The van der Waals surface area contributed by atoms with Gasteiger partial charge < -0.3 is 9.42 Å². The highest BCUT2D eigenvalue weighted by Gasteiger charge is 2.41. The summed E-state index contributed by atoms with van der Waals surface area (Å²) >= 11 is 0. The minimum absolute atomic E-state index is 0.146. The molecule has 0 amide bonds. The van der Waals surface area contributed by atoms with Crippen molar-refractivity contribution in [2.45, 2.75) is 20.4 Å². The predicted molar refractivity (Wildman–Crippen MR) is 85.3 cm³/mol. The Morgan fingerprint density at radius 1 is 1.29 bits per heavy atom. The predicted octanol–water partition coefficient (Wildman–Crippen LogP) is 1.08. The third-order valence-corrected chi connectivity index (χ3v) is 4.93. The highest BCUT2D eigenvalue weighted by molar-refractivity contribution is 5.33. The van der Waals surface area contributed by atoms with Gasteiger partial charge in [-0.25, -0.2) is 4.98 Å². The maximum atomic E-state index is 13.4. The van der Waals surface area contributed by atoms with E-state index in [2.05, 4.69) is 24.9 Å². The molecular formula is C16H20FN5O2. The minimum atomic E-state index is -0.799. The summed E-state index contributed by atoms with van der Waals surface area (Å²) in [7, 11) is 0. The van der Waals surface area contributed by atoms with E-state index in [0.717, 1.165) is 44.2 Å². The standard InChI is InChI=1S/C16H20FN5O2/c1-9-3-13(24-20-9)8-21-4-11-6-22(7-12(11)5-21)16-18-10(2)14(17)15(23)19-16/h3,11-12H,4-8H2,1-2H3,(H,18,19,23). The monoisotopic (exact) mass is 333 g/mol. The molecule has 2 atom stereocenters. The van der Waals surface area contributed by atoms with Gasteiger partial charge >= 0.3 is 0 Å². The van der Waals surface area contributed by atoms with E-state index in [1.54, 1.807) is 0 Å². The number of likely N-dealkylation sites (tertiary alicyclic amines) is 1. The van der Waals surface area contributed by atoms with Crippen LogP contribution in [0.25, 0.3) is 0 Å². The number of halogens is 1. The lowest BCUT2D eigenvalue weighted by molar-refractivity contribution is 0.260. The third kappa shape index (κ3) is 2.71. The molecule has 0 aromatic carbocycles. The maximum Gasteiger partial charge on any atom is 0.288 e. The van der Waals surface area contributed by atoms with E-state index in [9.17, 15) is 9.18 Å². The van der Waals surface area contributed by atoms with Gasteiger partial charge in [0.05, 0.1) is 17.9 Å². The van der Waals surface area contributed by atoms with E-state index in [4.69, 9.17) is 4.52 Å². The molecule has 0 bridgehead atoms. The van der Waals surface area contributed by atoms with Crippen molar-refractivity contribution >= 4 is 5.95 Å². The first-order chi connectivity index (χ1) is 11.5. The highest BCUT2D eigenvalue weighted by atomic mass is 19.1. The molecule has 4 heterocycles. The van der Waals surface area contributed by atoms with Gasteiger partial charge in [-0.1, -0.05) is 5.16 Å². The summed E-state index contributed by atoms with van der Waals surface area (Å²) in [5.41, 5.74) is 0.349. The van der Waals surface area contributed by atoms with Gasteiger partial charge in [0.1, 0.15) is 0 Å². The van der Waals surface area contributed by atoms with Crippen molar-refractivity contribution in [2.24, 2.45) is 11.8 Å². The van der Waals surface area contributed by atoms with Gasteiger partial charge in [-0.05, 0) is 25.7 Å². The Kier molecular flexibility index (Phi) is 3.64. The number of H-pyrrole nitrogens is 1. The molecule has 2 aliphatic rings. The van der Waals surface area contributed by atoms with Crippen LogP contribution in [0.3, 0.4) is 0 Å². The van der Waals surface area contributed by atoms with Gasteiger partial charge in [-0.3, -0.25) is 14.7 Å². The molecule has 0 radical (unpaired) electrons. The van der Waals surface area contributed by atoms with E-state index in [1.807, 2.05) is 13.0 Å². The first kappa shape index (κ1) is 15.3. The number of rotatable bonds is 3. The van der Waals surface area contributed by atoms with Crippen LogP contribution in [0.2, 0.25) is 0 Å². The summed E-state index contributed by atoms with van der Waals surface area (Å²) in [5, 5.41) is 3.92. The summed E-state index contributed by atoms with van der Waals surface area (Å²) in [6.45, 7) is 7.82. The highest BCUT2D eigenvalue weighted by Crippen LogP contribution is 2.33. The average molecular weight is 333 g/mol. The number of nitrogens with zero attached hydrogens (tertiary/aromatic N) is 4. The van der Waals surface area contributed by atoms with E-state index in [-0.39, 0.29) is 5.69 Å². The van der Waals surface area contributed by atoms with Crippen LogP contribution in [0.4, 0.5) is 10.3 Å². The van der Waals surface area contributed by atoms with Crippen LogP contribution in [0.15, 0.2) is 15.4 Å². The Bertz CT molecular complexity index is 803. The molecular weight excluding hydrogens is 313 g/mol. The summed E-state index contributed by atoms with van der Waals surface area (Å²) in [5.74, 6) is 1.61. The number of aromatic nitrogens is 3. The Morgan fingerprint density at radius 3 is 2.58 bits per heavy atom. The molecule has 0 spiro atoms. The molecule has 2 aliphatic heterocycles. The number of nitrogens with one attached hydrogen (secondary N) is 1. The van der Waals surface area contributed by atoms with Crippen LogP contribution in [-0.2, 0) is 6.54 Å². The van der Waals surface area contributed by atoms with Crippen LogP contribution in [0, 0.1) is 31.5 Å². The molecule has 2 aromatic rings. The van der Waals surface area contributed by atoms with Crippen LogP contribution in [-0.4, -0.2) is 46.2 Å². The van der Waals surface area contributed by atoms with Crippen molar-refractivity contribution < 1.29 is 8.91 Å². The van der Waals surface area contributed by atoms with E-state index in [0.29, 0.717) is 17.8 Å². The zero-order chi connectivity index (χ0) is 16.8. The number of hydrogen-bond acceptors (Lipinski definition) is 6. The average Bonchev–Trinajstić information content (AvgIpc) is 3.19. The summed E-state index contributed by atoms with van der Waals surface area (Å²) in [6, 6.07) is 1.97. The second-order valence-corrected chi connectivity index (χ2v) is 6.84. The smallest absolute Gasteiger partial charge is 0.288 e. The normalized spacial score (nSPS) is 23.9. The van der Waals surface area contributed by atoms with Crippen molar-refractivity contribution in [1.29, 1.82) is 0 Å². The minimum Gasteiger partial charge on any atom is -0.360 e. The van der Waals surface area contributed by atoms with Gasteiger partial charge in [0.15, 0.2) is 5.76 Å². The third-order valence-electron chi connectivity index (χ3n) is 4.93. The topological polar surface area (TPSA) is 78.3 Å². The van der Waals surface area contributed by atoms with Gasteiger partial charge in [0.2, 0.25) is 11.8 Å². The number of hydrogen-bond donors (Lipinski definition) is 1. The molecule has 8 heteroatoms. The molecule has 0 aliphatic carbocycles. The van der Waals surface area contributed by atoms with Crippen LogP contribution in [0.5, 0.6) is 0 Å². The molecule has 2 aromatic heterocycles. The first-order valence-corrected chi connectivity index (χ1v) is 8.15. The summed E-state index contributed by atoms with van der Waals surface area (Å²) < 4.78 is 18.7. The molecule has 24 heavy (non-hydrogen) atoms. The molecule has 2 unspecified atom stereocenters. The van der Waals surface area contributed by atoms with Crippen molar-refractivity contribution in [3.63, 3.8) is 0 Å². The molecule has 7 nitrogen and oxygen atoms in total. The number of anilines is 1. The maximum absolute atomic E-state index is 13.4. The second-order valence-electron chi connectivity index (χ2n) is 6.84. The zero-order valence-corrected chi connectivity index (χ0v) is 13.8. The van der Waals surface area contributed by atoms with Crippen LogP contribution in [0.1, 0.15) is 17.1 Å². The molecule has 4 rings (SSSR count). The van der Waals surface area contributed by atoms with Crippen molar-refractivity contribution in [3.05, 3.63) is 39.4 Å². The SMILES string of the molecule is Cc1cc(CN2CC3CN(c4nc(C)c(F)c(=O)[nH]4)CC3C2)on1. The zero-order valence-electron chi connectivity index (χ0n) is 13.8. The summed E-state index contributed by atoms with van der Waals surface area (Å²) in [4.78, 5) is 22.8. The van der Waals surface area contributed by atoms with Gasteiger partial charge in [0.25, 0.3) is 5.56 Å². The fourth-order valence-electron chi connectivity index (χ4n) is 3.81. The van der Waals surface area contributed by atoms with Gasteiger partial charge in [-0.15, -0.1) is 0 Å². The fraction of sp³-hybridized carbons (Fsp3) is 0.562. The number of aromatic amines is 1. The van der Waals surface area contributed by atoms with Crippen molar-refractivity contribution in [2.75, 3.05) is 31.1 Å². The number of aryl methyl sites for hydroxylation is 2. The Labute approximate surface area is 138 Å². The van der Waals surface area contributed by atoms with Crippen molar-refractivity contribution in [1.82, 2.24) is 20.0 Å². The largest absolute Gasteiger partial charge is 0.360 e. The molecule has 1 N–H and O–H groups in total. The van der Waals surface area contributed by atoms with Crippen molar-refractivity contribution in [3.8, 4) is 0 Å². The van der Waals surface area contributed by atoms with E-state index >= 15 is 0 Å². The van der Waals surface area contributed by atoms with E-state index < -0.39 is 11.4 Å². The quantitative estimate of drug-likeness (QED) is 0.906.